The average molecular weight is 674 g/mol. The molecular weight excluding hydrogens is 647 g/mol. The van der Waals surface area contributed by atoms with Crippen molar-refractivity contribution in [3.05, 3.63) is 164 Å². The summed E-state index contributed by atoms with van der Waals surface area (Å²) >= 11 is 3.60. The third-order valence-corrected chi connectivity index (χ3v) is 11.7. The number of hydrogen-bond acceptors (Lipinski definition) is 5. The summed E-state index contributed by atoms with van der Waals surface area (Å²) in [6.07, 6.45) is 0. The Hall–Kier alpha value is -6.01. The Balaban J connectivity index is 1.15. The highest BCUT2D eigenvalue weighted by molar-refractivity contribution is 7.26. The number of rotatable bonds is 5. The SMILES string of the molecule is c1ccc(-c2cccc(-c3cccc(-c4nc(-c5ccc6c(c5)sc5ccccc56)nc(-c5cccc6c5sc5ccccc56)n4)c3)c2)cc1. The van der Waals surface area contributed by atoms with Crippen LogP contribution >= 0.6 is 22.7 Å². The summed E-state index contributed by atoms with van der Waals surface area (Å²) in [6, 6.07) is 58.0. The molecule has 0 fully saturated rings. The van der Waals surface area contributed by atoms with Crippen molar-refractivity contribution >= 4 is 63.0 Å². The van der Waals surface area contributed by atoms with Gasteiger partial charge >= 0.3 is 0 Å². The molecule has 0 aliphatic carbocycles. The van der Waals surface area contributed by atoms with Crippen LogP contribution in [-0.2, 0) is 0 Å². The topological polar surface area (TPSA) is 38.7 Å². The molecule has 0 aliphatic rings. The van der Waals surface area contributed by atoms with Gasteiger partial charge in [-0.15, -0.1) is 22.7 Å². The van der Waals surface area contributed by atoms with Crippen LogP contribution in [0.2, 0.25) is 0 Å². The molecule has 0 saturated heterocycles. The Morgan fingerprint density at radius 1 is 0.300 bits per heavy atom. The Labute approximate surface area is 296 Å². The van der Waals surface area contributed by atoms with E-state index in [2.05, 4.69) is 164 Å². The van der Waals surface area contributed by atoms with Crippen LogP contribution in [0, 0.1) is 0 Å². The molecule has 234 valence electrons. The zero-order chi connectivity index (χ0) is 33.0. The predicted octanol–water partition coefficient (Wildman–Crippen LogP) is 12.9. The van der Waals surface area contributed by atoms with Gasteiger partial charge in [-0.2, -0.15) is 0 Å². The molecule has 0 unspecified atom stereocenters. The van der Waals surface area contributed by atoms with E-state index in [0.29, 0.717) is 17.5 Å². The maximum atomic E-state index is 5.20. The van der Waals surface area contributed by atoms with Gasteiger partial charge in [0.25, 0.3) is 0 Å². The summed E-state index contributed by atoms with van der Waals surface area (Å²) in [5.74, 6) is 2.00. The van der Waals surface area contributed by atoms with Gasteiger partial charge in [0.1, 0.15) is 0 Å². The molecular formula is C45H27N3S2. The fraction of sp³-hybridized carbons (Fsp3) is 0. The van der Waals surface area contributed by atoms with Crippen LogP contribution in [0.4, 0.5) is 0 Å². The first-order valence-corrected chi connectivity index (χ1v) is 18.2. The third kappa shape index (κ3) is 4.98. The second-order valence-corrected chi connectivity index (χ2v) is 14.6. The van der Waals surface area contributed by atoms with E-state index in [-0.39, 0.29) is 0 Å². The molecule has 5 heteroatoms. The van der Waals surface area contributed by atoms with Crippen molar-refractivity contribution in [2.45, 2.75) is 0 Å². The summed E-state index contributed by atoms with van der Waals surface area (Å²) in [4.78, 5) is 15.6. The molecule has 0 radical (unpaired) electrons. The van der Waals surface area contributed by atoms with E-state index in [9.17, 15) is 0 Å². The number of hydrogen-bond donors (Lipinski definition) is 0. The van der Waals surface area contributed by atoms with E-state index in [1.807, 2.05) is 0 Å². The molecule has 0 amide bonds. The van der Waals surface area contributed by atoms with Crippen LogP contribution in [0.5, 0.6) is 0 Å². The van der Waals surface area contributed by atoms with E-state index in [1.165, 1.54) is 51.5 Å². The van der Waals surface area contributed by atoms with Crippen LogP contribution in [0.15, 0.2) is 164 Å². The minimum Gasteiger partial charge on any atom is -0.208 e. The highest BCUT2D eigenvalue weighted by atomic mass is 32.1. The fourth-order valence-corrected chi connectivity index (χ4v) is 9.25. The first-order valence-electron chi connectivity index (χ1n) is 16.6. The van der Waals surface area contributed by atoms with E-state index in [1.54, 1.807) is 22.7 Å². The van der Waals surface area contributed by atoms with Crippen LogP contribution in [0.3, 0.4) is 0 Å². The quantitative estimate of drug-likeness (QED) is 0.182. The van der Waals surface area contributed by atoms with Gasteiger partial charge in [0.2, 0.25) is 0 Å². The number of benzene rings is 7. The molecule has 0 saturated carbocycles. The van der Waals surface area contributed by atoms with Crippen LogP contribution in [-0.4, -0.2) is 15.0 Å². The molecule has 10 aromatic rings. The van der Waals surface area contributed by atoms with Crippen molar-refractivity contribution in [3.8, 4) is 56.4 Å². The average Bonchev–Trinajstić information content (AvgIpc) is 3.76. The van der Waals surface area contributed by atoms with Crippen molar-refractivity contribution < 1.29 is 0 Å². The third-order valence-electron chi connectivity index (χ3n) is 9.34. The molecule has 0 atom stereocenters. The van der Waals surface area contributed by atoms with E-state index < -0.39 is 0 Å². The van der Waals surface area contributed by atoms with Crippen LogP contribution in [0.25, 0.3) is 96.8 Å². The maximum Gasteiger partial charge on any atom is 0.165 e. The van der Waals surface area contributed by atoms with Gasteiger partial charge < -0.3 is 0 Å². The Morgan fingerprint density at radius 3 is 1.56 bits per heavy atom. The van der Waals surface area contributed by atoms with Crippen molar-refractivity contribution in [1.29, 1.82) is 0 Å². The van der Waals surface area contributed by atoms with Gasteiger partial charge in [0.05, 0.1) is 0 Å². The standard InChI is InChI=1S/C45H27N3S2/c1-2-11-28(12-3-1)29-13-8-14-30(25-29)31-15-9-16-32(26-31)43-46-44(33-23-24-36-34-17-4-6-21-39(34)49-41(36)27-33)48-45(47-43)38-20-10-19-37-35-18-5-7-22-40(35)50-42(37)38/h1-27H. The molecule has 7 aromatic carbocycles. The minimum atomic E-state index is 0.653. The number of aromatic nitrogens is 3. The molecule has 3 aromatic heterocycles. The lowest BCUT2D eigenvalue weighted by molar-refractivity contribution is 1.08. The van der Waals surface area contributed by atoms with Crippen molar-refractivity contribution in [2.24, 2.45) is 0 Å². The van der Waals surface area contributed by atoms with Gasteiger partial charge in [-0.05, 0) is 58.7 Å². The minimum absolute atomic E-state index is 0.653. The lowest BCUT2D eigenvalue weighted by Gasteiger charge is -2.11. The van der Waals surface area contributed by atoms with Gasteiger partial charge in [-0.3, -0.25) is 0 Å². The highest BCUT2D eigenvalue weighted by Gasteiger charge is 2.18. The largest absolute Gasteiger partial charge is 0.208 e. The lowest BCUT2D eigenvalue weighted by Crippen LogP contribution is -2.00. The zero-order valence-corrected chi connectivity index (χ0v) is 28.4. The first kappa shape index (κ1) is 29.0. The molecule has 0 N–H and O–H groups in total. The highest BCUT2D eigenvalue weighted by Crippen LogP contribution is 2.41. The van der Waals surface area contributed by atoms with E-state index in [4.69, 9.17) is 15.0 Å². The van der Waals surface area contributed by atoms with Crippen molar-refractivity contribution in [1.82, 2.24) is 15.0 Å². The van der Waals surface area contributed by atoms with Gasteiger partial charge in [0, 0.05) is 57.0 Å². The van der Waals surface area contributed by atoms with Crippen molar-refractivity contribution in [2.75, 3.05) is 0 Å². The number of nitrogens with zero attached hydrogens (tertiary/aromatic N) is 3. The summed E-state index contributed by atoms with van der Waals surface area (Å²) < 4.78 is 4.94. The van der Waals surface area contributed by atoms with Gasteiger partial charge in [-0.1, -0.05) is 127 Å². The Kier molecular flexibility index (Phi) is 6.86. The maximum absolute atomic E-state index is 5.20. The van der Waals surface area contributed by atoms with E-state index >= 15 is 0 Å². The van der Waals surface area contributed by atoms with E-state index in [0.717, 1.165) is 27.8 Å². The number of thiophene rings is 2. The Morgan fingerprint density at radius 2 is 0.800 bits per heavy atom. The molecule has 3 heterocycles. The first-order chi connectivity index (χ1) is 24.7. The summed E-state index contributed by atoms with van der Waals surface area (Å²) in [5, 5.41) is 5.01. The lowest BCUT2D eigenvalue weighted by atomic mass is 9.98. The van der Waals surface area contributed by atoms with Crippen molar-refractivity contribution in [3.63, 3.8) is 0 Å². The molecule has 3 nitrogen and oxygen atoms in total. The second-order valence-electron chi connectivity index (χ2n) is 12.4. The summed E-state index contributed by atoms with van der Waals surface area (Å²) in [7, 11) is 0. The van der Waals surface area contributed by atoms with Crippen LogP contribution < -0.4 is 0 Å². The summed E-state index contributed by atoms with van der Waals surface area (Å²) in [5.41, 5.74) is 7.58. The zero-order valence-electron chi connectivity index (χ0n) is 26.7. The molecule has 0 spiro atoms. The fourth-order valence-electron chi connectivity index (χ4n) is 6.89. The molecule has 10 rings (SSSR count). The van der Waals surface area contributed by atoms with Gasteiger partial charge in [0.15, 0.2) is 17.5 Å². The molecule has 0 aliphatic heterocycles. The van der Waals surface area contributed by atoms with Gasteiger partial charge in [-0.25, -0.2) is 15.0 Å². The molecule has 0 bridgehead atoms. The monoisotopic (exact) mass is 673 g/mol. The smallest absolute Gasteiger partial charge is 0.165 e. The van der Waals surface area contributed by atoms with Crippen LogP contribution in [0.1, 0.15) is 0 Å². The number of fused-ring (bicyclic) bond motifs is 6. The summed E-state index contributed by atoms with van der Waals surface area (Å²) in [6.45, 7) is 0. The normalized spacial score (nSPS) is 11.6. The molecule has 50 heavy (non-hydrogen) atoms. The predicted molar refractivity (Wildman–Crippen MR) is 213 cm³/mol. The Bertz CT molecular complexity index is 2890. The second kappa shape index (κ2) is 11.8.